The molecule has 1 aromatic rings. The maximum absolute atomic E-state index is 10.6. The number of benzene rings is 1. The van der Waals surface area contributed by atoms with E-state index in [-0.39, 0.29) is 5.12 Å². The van der Waals surface area contributed by atoms with Gasteiger partial charge in [0.15, 0.2) is 5.12 Å². The zero-order chi connectivity index (χ0) is 8.27. The Morgan fingerprint density at radius 3 is 2.36 bits per heavy atom. The number of hydrogen-bond donors (Lipinski definition) is 0. The van der Waals surface area contributed by atoms with E-state index in [2.05, 4.69) is 0 Å². The van der Waals surface area contributed by atoms with Crippen molar-refractivity contribution < 1.29 is 4.79 Å². The van der Waals surface area contributed by atoms with Gasteiger partial charge in [0.25, 0.3) is 0 Å². The molecular formula is C8H7OS2-. The molecule has 1 nitrogen and oxygen atoms in total. The molecule has 0 aliphatic heterocycles. The standard InChI is InChI=1S/C8H8OS2/c1-6(9)11-8-4-2-7(10)3-5-8/h2-5,10H,1H3/p-1. The Kier molecular flexibility index (Phi) is 2.91. The maximum Gasteiger partial charge on any atom is 0.190 e. The van der Waals surface area contributed by atoms with E-state index in [1.807, 2.05) is 24.3 Å². The minimum atomic E-state index is 0.0992. The van der Waals surface area contributed by atoms with Crippen LogP contribution in [0, 0.1) is 0 Å². The highest BCUT2D eigenvalue weighted by Gasteiger charge is 1.94. The summed E-state index contributed by atoms with van der Waals surface area (Å²) in [4.78, 5) is 12.4. The summed E-state index contributed by atoms with van der Waals surface area (Å²) >= 11 is 6.11. The first kappa shape index (κ1) is 8.56. The molecule has 11 heavy (non-hydrogen) atoms. The molecule has 0 aromatic heterocycles. The maximum atomic E-state index is 10.6. The Morgan fingerprint density at radius 2 is 1.91 bits per heavy atom. The van der Waals surface area contributed by atoms with Crippen LogP contribution in [0.5, 0.6) is 0 Å². The van der Waals surface area contributed by atoms with E-state index in [1.165, 1.54) is 11.8 Å². The van der Waals surface area contributed by atoms with Crippen molar-refractivity contribution in [3.05, 3.63) is 24.3 Å². The fourth-order valence-electron chi connectivity index (χ4n) is 0.674. The monoisotopic (exact) mass is 183 g/mol. The summed E-state index contributed by atoms with van der Waals surface area (Å²) in [6.45, 7) is 1.55. The molecule has 0 radical (unpaired) electrons. The summed E-state index contributed by atoms with van der Waals surface area (Å²) in [5.74, 6) is 0. The Labute approximate surface area is 75.6 Å². The van der Waals surface area contributed by atoms with Crippen molar-refractivity contribution in [3.63, 3.8) is 0 Å². The minimum Gasteiger partial charge on any atom is -0.780 e. The lowest BCUT2D eigenvalue weighted by atomic mass is 10.4. The predicted octanol–water partition coefficient (Wildman–Crippen LogP) is 2.23. The Morgan fingerprint density at radius 1 is 1.36 bits per heavy atom. The van der Waals surface area contributed by atoms with Gasteiger partial charge in [-0.15, -0.1) is 0 Å². The molecule has 0 amide bonds. The van der Waals surface area contributed by atoms with Gasteiger partial charge >= 0.3 is 0 Å². The largest absolute Gasteiger partial charge is 0.780 e. The van der Waals surface area contributed by atoms with Crippen molar-refractivity contribution in [2.24, 2.45) is 0 Å². The van der Waals surface area contributed by atoms with Gasteiger partial charge < -0.3 is 12.6 Å². The van der Waals surface area contributed by atoms with Gasteiger partial charge in [-0.3, -0.25) is 4.79 Å². The predicted molar refractivity (Wildman–Crippen MR) is 48.6 cm³/mol. The molecule has 1 aromatic carbocycles. The van der Waals surface area contributed by atoms with Gasteiger partial charge in [-0.05, 0) is 12.1 Å². The molecule has 58 valence electrons. The number of thioether (sulfide) groups is 1. The summed E-state index contributed by atoms with van der Waals surface area (Å²) < 4.78 is 0. The van der Waals surface area contributed by atoms with E-state index >= 15 is 0 Å². The normalized spacial score (nSPS) is 9.55. The molecule has 0 fully saturated rings. The molecule has 0 spiro atoms. The third-order valence-corrected chi connectivity index (χ3v) is 2.15. The zero-order valence-electron chi connectivity index (χ0n) is 6.03. The average Bonchev–Trinajstić information content (AvgIpc) is 1.93. The third kappa shape index (κ3) is 2.91. The first-order chi connectivity index (χ1) is 5.18. The first-order valence-corrected chi connectivity index (χ1v) is 4.36. The summed E-state index contributed by atoms with van der Waals surface area (Å²) in [6.07, 6.45) is 0. The SMILES string of the molecule is CC(=O)Sc1ccc([S-])cc1. The van der Waals surface area contributed by atoms with Crippen LogP contribution in [0.2, 0.25) is 0 Å². The summed E-state index contributed by atoms with van der Waals surface area (Å²) in [6, 6.07) is 7.35. The highest BCUT2D eigenvalue weighted by molar-refractivity contribution is 8.13. The molecule has 0 aliphatic carbocycles. The van der Waals surface area contributed by atoms with E-state index < -0.39 is 0 Å². The van der Waals surface area contributed by atoms with Crippen LogP contribution >= 0.6 is 11.8 Å². The molecule has 0 unspecified atom stereocenters. The van der Waals surface area contributed by atoms with Crippen LogP contribution in [0.25, 0.3) is 0 Å². The summed E-state index contributed by atoms with van der Waals surface area (Å²) in [7, 11) is 0. The third-order valence-electron chi connectivity index (χ3n) is 1.09. The lowest BCUT2D eigenvalue weighted by Crippen LogP contribution is -1.80. The van der Waals surface area contributed by atoms with E-state index in [0.717, 1.165) is 9.79 Å². The molecule has 0 saturated carbocycles. The second kappa shape index (κ2) is 3.74. The first-order valence-electron chi connectivity index (χ1n) is 3.14. The van der Waals surface area contributed by atoms with Gasteiger partial charge in [0.2, 0.25) is 0 Å². The fraction of sp³-hybridized carbons (Fsp3) is 0.125. The minimum absolute atomic E-state index is 0.0992. The highest BCUT2D eigenvalue weighted by Crippen LogP contribution is 2.18. The zero-order valence-corrected chi connectivity index (χ0v) is 7.67. The highest BCUT2D eigenvalue weighted by atomic mass is 32.2. The van der Waals surface area contributed by atoms with Gasteiger partial charge in [0.1, 0.15) is 0 Å². The number of rotatable bonds is 1. The van der Waals surface area contributed by atoms with Gasteiger partial charge in [0.05, 0.1) is 0 Å². The van der Waals surface area contributed by atoms with Gasteiger partial charge in [-0.25, -0.2) is 0 Å². The van der Waals surface area contributed by atoms with Crippen LogP contribution in [-0.4, -0.2) is 5.12 Å². The molecule has 0 saturated heterocycles. The summed E-state index contributed by atoms with van der Waals surface area (Å²) in [5.41, 5.74) is 0. The molecule has 0 aliphatic rings. The van der Waals surface area contributed by atoms with Gasteiger partial charge in [-0.1, -0.05) is 23.9 Å². The average molecular weight is 183 g/mol. The molecular weight excluding hydrogens is 176 g/mol. The van der Waals surface area contributed by atoms with Crippen LogP contribution in [0.3, 0.4) is 0 Å². The van der Waals surface area contributed by atoms with Crippen molar-refractivity contribution in [3.8, 4) is 0 Å². The van der Waals surface area contributed by atoms with Crippen LogP contribution in [0.15, 0.2) is 34.1 Å². The lowest BCUT2D eigenvalue weighted by molar-refractivity contribution is -0.109. The van der Waals surface area contributed by atoms with Crippen LogP contribution < -0.4 is 0 Å². The number of carbonyl (C=O) groups excluding carboxylic acids is 1. The second-order valence-electron chi connectivity index (χ2n) is 2.07. The second-order valence-corrected chi connectivity index (χ2v) is 3.79. The Balaban J connectivity index is 2.74. The van der Waals surface area contributed by atoms with Crippen LogP contribution in [0.4, 0.5) is 0 Å². The van der Waals surface area contributed by atoms with Crippen molar-refractivity contribution in [2.75, 3.05) is 0 Å². The number of hydrogen-bond acceptors (Lipinski definition) is 3. The molecule has 0 bridgehead atoms. The summed E-state index contributed by atoms with van der Waals surface area (Å²) in [5, 5.41) is 0.0992. The van der Waals surface area contributed by atoms with Gasteiger partial charge in [-0.2, -0.15) is 4.90 Å². The molecule has 0 atom stereocenters. The molecule has 0 N–H and O–H groups in total. The molecule has 3 heteroatoms. The van der Waals surface area contributed by atoms with Crippen molar-refractivity contribution in [1.29, 1.82) is 0 Å². The van der Waals surface area contributed by atoms with Crippen molar-refractivity contribution in [1.82, 2.24) is 0 Å². The van der Waals surface area contributed by atoms with E-state index in [9.17, 15) is 4.79 Å². The van der Waals surface area contributed by atoms with Crippen molar-refractivity contribution >= 4 is 29.5 Å². The lowest BCUT2D eigenvalue weighted by Gasteiger charge is -2.04. The van der Waals surface area contributed by atoms with E-state index in [0.29, 0.717) is 0 Å². The Bertz CT molecular complexity index is 253. The topological polar surface area (TPSA) is 17.1 Å². The van der Waals surface area contributed by atoms with Crippen LogP contribution in [-0.2, 0) is 17.4 Å². The van der Waals surface area contributed by atoms with Crippen molar-refractivity contribution in [2.45, 2.75) is 16.7 Å². The molecule has 1 rings (SSSR count). The number of carbonyl (C=O) groups is 1. The Hall–Kier alpha value is -0.540. The van der Waals surface area contributed by atoms with E-state index in [1.54, 1.807) is 6.92 Å². The quantitative estimate of drug-likeness (QED) is 0.491. The van der Waals surface area contributed by atoms with Gasteiger partial charge in [0, 0.05) is 11.8 Å². The van der Waals surface area contributed by atoms with Crippen LogP contribution in [0.1, 0.15) is 6.92 Å². The molecule has 0 heterocycles. The fourth-order valence-corrected chi connectivity index (χ4v) is 1.41. The smallest absolute Gasteiger partial charge is 0.190 e. The van der Waals surface area contributed by atoms with E-state index in [4.69, 9.17) is 12.6 Å².